The largest absolute Gasteiger partial charge is 0.493 e. The highest BCUT2D eigenvalue weighted by molar-refractivity contribution is 6.01. The fraction of sp³-hybridized carbons (Fsp3) is 0.375. The molecule has 1 aliphatic rings. The molecule has 3 aromatic rings. The summed E-state index contributed by atoms with van der Waals surface area (Å²) in [5.74, 6) is 1.88. The fourth-order valence-electron chi connectivity index (χ4n) is 4.29. The standard InChI is InChI=1S/C24H27NO4/c1-6-17-10-15-9-14(7-8-20(15)25(17)2)18-13-19(18)23(26)16-11-21(27-3)24(29-5)22(12-16)28-4/h7-12,18-19H,6,13H2,1-5H3. The van der Waals surface area contributed by atoms with Crippen molar-refractivity contribution in [3.8, 4) is 17.2 Å². The van der Waals surface area contributed by atoms with Gasteiger partial charge in [-0.3, -0.25) is 4.79 Å². The maximum atomic E-state index is 13.1. The lowest BCUT2D eigenvalue weighted by Crippen LogP contribution is -2.05. The average Bonchev–Trinajstić information content (AvgIpc) is 3.49. The SMILES string of the molecule is CCc1cc2cc(C3CC3C(=O)c3cc(OC)c(OC)c(OC)c3)ccc2n1C. The van der Waals surface area contributed by atoms with E-state index in [9.17, 15) is 4.79 Å². The number of benzene rings is 2. The topological polar surface area (TPSA) is 49.7 Å². The van der Waals surface area contributed by atoms with Crippen molar-refractivity contribution in [3.63, 3.8) is 0 Å². The fourth-order valence-corrected chi connectivity index (χ4v) is 4.29. The third-order valence-electron chi connectivity index (χ3n) is 6.03. The lowest BCUT2D eigenvalue weighted by molar-refractivity contribution is 0.0964. The Morgan fingerprint density at radius 1 is 1.03 bits per heavy atom. The molecule has 1 aromatic heterocycles. The van der Waals surface area contributed by atoms with Crippen LogP contribution in [0.4, 0.5) is 0 Å². The molecule has 1 heterocycles. The zero-order valence-electron chi connectivity index (χ0n) is 17.6. The summed E-state index contributed by atoms with van der Waals surface area (Å²) in [6.07, 6.45) is 1.88. The van der Waals surface area contributed by atoms with Crippen molar-refractivity contribution in [2.45, 2.75) is 25.7 Å². The van der Waals surface area contributed by atoms with Crippen molar-refractivity contribution < 1.29 is 19.0 Å². The molecular formula is C24H27NO4. The Kier molecular flexibility index (Phi) is 4.99. The second-order valence-electron chi connectivity index (χ2n) is 7.59. The number of aryl methyl sites for hydroxylation is 2. The van der Waals surface area contributed by atoms with Gasteiger partial charge in [0.05, 0.1) is 21.3 Å². The molecule has 0 radical (unpaired) electrons. The maximum absolute atomic E-state index is 13.1. The van der Waals surface area contributed by atoms with Gasteiger partial charge in [-0.1, -0.05) is 13.0 Å². The number of aromatic nitrogens is 1. The number of hydrogen-bond acceptors (Lipinski definition) is 4. The predicted molar refractivity (Wildman–Crippen MR) is 114 cm³/mol. The van der Waals surface area contributed by atoms with Gasteiger partial charge in [-0.25, -0.2) is 0 Å². The van der Waals surface area contributed by atoms with Crippen molar-refractivity contribution in [1.29, 1.82) is 0 Å². The van der Waals surface area contributed by atoms with E-state index in [2.05, 4.69) is 42.8 Å². The van der Waals surface area contributed by atoms with E-state index >= 15 is 0 Å². The molecule has 0 aliphatic heterocycles. The van der Waals surface area contributed by atoms with Gasteiger partial charge in [0.2, 0.25) is 5.75 Å². The molecule has 4 rings (SSSR count). The van der Waals surface area contributed by atoms with Crippen LogP contribution in [0.3, 0.4) is 0 Å². The monoisotopic (exact) mass is 393 g/mol. The normalized spacial score (nSPS) is 18.0. The average molecular weight is 393 g/mol. The molecule has 2 unspecified atom stereocenters. The molecule has 0 spiro atoms. The Balaban J connectivity index is 1.60. The predicted octanol–water partition coefficient (Wildman–Crippen LogP) is 4.75. The molecule has 29 heavy (non-hydrogen) atoms. The van der Waals surface area contributed by atoms with Crippen molar-refractivity contribution in [1.82, 2.24) is 4.57 Å². The van der Waals surface area contributed by atoms with E-state index in [1.54, 1.807) is 33.5 Å². The van der Waals surface area contributed by atoms with Crippen LogP contribution in [-0.4, -0.2) is 31.7 Å². The minimum Gasteiger partial charge on any atom is -0.493 e. The number of carbonyl (C=O) groups is 1. The van der Waals surface area contributed by atoms with Crippen LogP contribution < -0.4 is 14.2 Å². The van der Waals surface area contributed by atoms with Gasteiger partial charge in [-0.05, 0) is 54.7 Å². The van der Waals surface area contributed by atoms with Gasteiger partial charge in [0.15, 0.2) is 17.3 Å². The molecule has 2 atom stereocenters. The molecule has 1 saturated carbocycles. The van der Waals surface area contributed by atoms with Crippen molar-refractivity contribution >= 4 is 16.7 Å². The number of carbonyl (C=O) groups excluding carboxylic acids is 1. The van der Waals surface area contributed by atoms with Crippen LogP contribution >= 0.6 is 0 Å². The Bertz CT molecular complexity index is 1060. The molecule has 1 aliphatic carbocycles. The van der Waals surface area contributed by atoms with Gasteiger partial charge in [-0.15, -0.1) is 0 Å². The Morgan fingerprint density at radius 2 is 1.72 bits per heavy atom. The van der Waals surface area contributed by atoms with E-state index in [0.717, 1.165) is 12.8 Å². The summed E-state index contributed by atoms with van der Waals surface area (Å²) in [5, 5.41) is 1.24. The van der Waals surface area contributed by atoms with E-state index in [0.29, 0.717) is 22.8 Å². The number of methoxy groups -OCH3 is 3. The van der Waals surface area contributed by atoms with E-state index in [4.69, 9.17) is 14.2 Å². The third-order valence-corrected chi connectivity index (χ3v) is 6.03. The zero-order valence-corrected chi connectivity index (χ0v) is 17.6. The van der Waals surface area contributed by atoms with Gasteiger partial charge >= 0.3 is 0 Å². The van der Waals surface area contributed by atoms with Crippen LogP contribution in [-0.2, 0) is 13.5 Å². The first-order valence-corrected chi connectivity index (χ1v) is 9.94. The molecule has 0 bridgehead atoms. The molecule has 1 fully saturated rings. The highest BCUT2D eigenvalue weighted by Gasteiger charge is 2.44. The first-order chi connectivity index (χ1) is 14.0. The lowest BCUT2D eigenvalue weighted by Gasteiger charge is -2.13. The number of ether oxygens (including phenoxy) is 3. The number of nitrogens with zero attached hydrogens (tertiary/aromatic N) is 1. The molecule has 5 nitrogen and oxygen atoms in total. The summed E-state index contributed by atoms with van der Waals surface area (Å²) >= 11 is 0. The summed E-state index contributed by atoms with van der Waals surface area (Å²) in [6.45, 7) is 2.17. The zero-order chi connectivity index (χ0) is 20.7. The quantitative estimate of drug-likeness (QED) is 0.544. The second kappa shape index (κ2) is 7.47. The van der Waals surface area contributed by atoms with Gasteiger partial charge in [0.1, 0.15) is 0 Å². The van der Waals surface area contributed by atoms with Crippen LogP contribution in [0.15, 0.2) is 36.4 Å². The van der Waals surface area contributed by atoms with E-state index in [1.165, 1.54) is 22.2 Å². The Labute approximate surface area is 171 Å². The van der Waals surface area contributed by atoms with Crippen molar-refractivity contribution in [3.05, 3.63) is 53.2 Å². The molecule has 0 N–H and O–H groups in total. The molecule has 152 valence electrons. The van der Waals surface area contributed by atoms with Crippen molar-refractivity contribution in [2.75, 3.05) is 21.3 Å². The number of rotatable bonds is 7. The summed E-state index contributed by atoms with van der Waals surface area (Å²) in [4.78, 5) is 13.1. The van der Waals surface area contributed by atoms with E-state index in [-0.39, 0.29) is 17.6 Å². The minimum atomic E-state index is -0.00962. The van der Waals surface area contributed by atoms with E-state index in [1.807, 2.05) is 0 Å². The van der Waals surface area contributed by atoms with Crippen LogP contribution in [0, 0.1) is 5.92 Å². The highest BCUT2D eigenvalue weighted by Crippen LogP contribution is 2.50. The summed E-state index contributed by atoms with van der Waals surface area (Å²) in [6, 6.07) is 12.3. The van der Waals surface area contributed by atoms with Crippen LogP contribution in [0.1, 0.15) is 40.9 Å². The van der Waals surface area contributed by atoms with Crippen LogP contribution in [0.5, 0.6) is 17.2 Å². The van der Waals surface area contributed by atoms with Crippen LogP contribution in [0.25, 0.3) is 10.9 Å². The van der Waals surface area contributed by atoms with Crippen LogP contribution in [0.2, 0.25) is 0 Å². The summed E-state index contributed by atoms with van der Waals surface area (Å²) < 4.78 is 18.4. The number of ketones is 1. The number of Topliss-reactive ketones (excluding diaryl/α,β-unsaturated/α-hetero) is 1. The van der Waals surface area contributed by atoms with E-state index < -0.39 is 0 Å². The first kappa shape index (κ1) is 19.4. The minimum absolute atomic E-state index is 0.00962. The molecule has 2 aromatic carbocycles. The molecule has 5 heteroatoms. The molecule has 0 saturated heterocycles. The molecule has 0 amide bonds. The van der Waals surface area contributed by atoms with Crippen molar-refractivity contribution in [2.24, 2.45) is 13.0 Å². The smallest absolute Gasteiger partial charge is 0.203 e. The molecular weight excluding hydrogens is 366 g/mol. The number of hydrogen-bond donors (Lipinski definition) is 0. The van der Waals surface area contributed by atoms with Gasteiger partial charge < -0.3 is 18.8 Å². The lowest BCUT2D eigenvalue weighted by atomic mass is 10.0. The third kappa shape index (κ3) is 3.24. The van der Waals surface area contributed by atoms with Gasteiger partial charge in [0.25, 0.3) is 0 Å². The summed E-state index contributed by atoms with van der Waals surface area (Å²) in [7, 11) is 6.79. The maximum Gasteiger partial charge on any atom is 0.203 e. The Hall–Kier alpha value is -2.95. The van der Waals surface area contributed by atoms with Gasteiger partial charge in [0, 0.05) is 35.1 Å². The summed E-state index contributed by atoms with van der Waals surface area (Å²) in [5.41, 5.74) is 4.38. The highest BCUT2D eigenvalue weighted by atomic mass is 16.5. The van der Waals surface area contributed by atoms with Gasteiger partial charge in [-0.2, -0.15) is 0 Å². The second-order valence-corrected chi connectivity index (χ2v) is 7.59. The number of fused-ring (bicyclic) bond motifs is 1. The Morgan fingerprint density at radius 3 is 2.31 bits per heavy atom. The first-order valence-electron chi connectivity index (χ1n) is 9.94.